The van der Waals surface area contributed by atoms with Crippen LogP contribution in [0.1, 0.15) is 0 Å². The molecule has 0 aliphatic heterocycles. The minimum atomic E-state index is 1.01. The highest BCUT2D eigenvalue weighted by Gasteiger charge is 2.00. The monoisotopic (exact) mass is 237 g/mol. The van der Waals surface area contributed by atoms with E-state index >= 15 is 0 Å². The molecule has 0 amide bonds. The molecule has 2 aromatic rings. The number of nitrogens with zero attached hydrogens (tertiary/aromatic N) is 1. The van der Waals surface area contributed by atoms with Crippen molar-refractivity contribution < 1.29 is 0 Å². The molecule has 0 spiro atoms. The highest BCUT2D eigenvalue weighted by Crippen LogP contribution is 2.27. The van der Waals surface area contributed by atoms with Crippen LogP contribution in [-0.2, 0) is 0 Å². The molecule has 1 aromatic carbocycles. The zero-order valence-electron chi connectivity index (χ0n) is 6.04. The molecule has 2 radical (unpaired) electrons. The van der Waals surface area contributed by atoms with Crippen LogP contribution in [0.2, 0.25) is 0 Å². The summed E-state index contributed by atoms with van der Waals surface area (Å²) >= 11 is 4.98. The Bertz CT molecular complexity index is 369. The van der Waals surface area contributed by atoms with Crippen LogP contribution >= 0.6 is 27.3 Å². The van der Waals surface area contributed by atoms with Crippen molar-refractivity contribution in [2.75, 3.05) is 0 Å². The lowest BCUT2D eigenvalue weighted by Crippen LogP contribution is -1.72. The van der Waals surface area contributed by atoms with Gasteiger partial charge in [0.25, 0.3) is 0 Å². The molecule has 2 rings (SSSR count). The minimum absolute atomic E-state index is 1.01. The van der Waals surface area contributed by atoms with Gasteiger partial charge in [0.05, 0.1) is 9.98 Å². The van der Waals surface area contributed by atoms with E-state index in [9.17, 15) is 0 Å². The summed E-state index contributed by atoms with van der Waals surface area (Å²) in [6.07, 6.45) is 1.80. The Labute approximate surface area is 83.2 Å². The van der Waals surface area contributed by atoms with E-state index in [1.165, 1.54) is 0 Å². The van der Waals surface area contributed by atoms with Gasteiger partial charge in [-0.15, -0.1) is 11.3 Å². The van der Waals surface area contributed by atoms with Gasteiger partial charge in [-0.25, -0.2) is 4.98 Å². The van der Waals surface area contributed by atoms with Crippen molar-refractivity contribution in [3.63, 3.8) is 0 Å². The van der Waals surface area contributed by atoms with Gasteiger partial charge in [0.1, 0.15) is 5.01 Å². The summed E-state index contributed by atoms with van der Waals surface area (Å²) < 4.78 is 1.05. The van der Waals surface area contributed by atoms with Gasteiger partial charge in [-0.1, -0.05) is 12.1 Å². The van der Waals surface area contributed by atoms with Crippen LogP contribution in [-0.4, -0.2) is 4.98 Å². The van der Waals surface area contributed by atoms with Crippen molar-refractivity contribution in [1.29, 1.82) is 0 Å². The summed E-state index contributed by atoms with van der Waals surface area (Å²) in [7, 11) is 0. The van der Waals surface area contributed by atoms with Gasteiger partial charge in [-0.05, 0) is 34.1 Å². The fourth-order valence-electron chi connectivity index (χ4n) is 0.868. The van der Waals surface area contributed by atoms with Crippen LogP contribution in [0.25, 0.3) is 10.6 Å². The molecule has 0 aliphatic rings. The maximum atomic E-state index is 4.22. The molecule has 0 saturated carbocycles. The number of halogens is 1. The Hall–Kier alpha value is -0.670. The van der Waals surface area contributed by atoms with E-state index in [1.54, 1.807) is 17.5 Å². The first kappa shape index (κ1) is 7.95. The van der Waals surface area contributed by atoms with E-state index in [2.05, 4.69) is 33.0 Å². The Kier molecular flexibility index (Phi) is 2.23. The van der Waals surface area contributed by atoms with E-state index < -0.39 is 0 Å². The largest absolute Gasteiger partial charge is 0.243 e. The molecule has 0 saturated heterocycles. The van der Waals surface area contributed by atoms with Gasteiger partial charge < -0.3 is 0 Å². The summed E-state index contributed by atoms with van der Waals surface area (Å²) in [6.45, 7) is 0. The van der Waals surface area contributed by atoms with Crippen LogP contribution < -0.4 is 0 Å². The lowest BCUT2D eigenvalue weighted by Gasteiger charge is -1.91. The minimum Gasteiger partial charge on any atom is -0.243 e. The van der Waals surface area contributed by atoms with Crippen molar-refractivity contribution in [3.8, 4) is 10.6 Å². The molecule has 58 valence electrons. The fourth-order valence-corrected chi connectivity index (χ4v) is 2.07. The third-order valence-corrected chi connectivity index (χ3v) is 2.91. The summed E-state index contributed by atoms with van der Waals surface area (Å²) in [5, 5.41) is 1.01. The molecule has 3 heteroatoms. The highest BCUT2D eigenvalue weighted by molar-refractivity contribution is 9.11. The quantitative estimate of drug-likeness (QED) is 0.743. The number of thiazole rings is 1. The molecular weight excluding hydrogens is 234 g/mol. The summed E-state index contributed by atoms with van der Waals surface area (Å²) in [4.78, 5) is 4.22. The molecule has 0 unspecified atom stereocenters. The second-order valence-electron chi connectivity index (χ2n) is 2.19. The van der Waals surface area contributed by atoms with E-state index in [0.717, 1.165) is 14.4 Å². The zero-order chi connectivity index (χ0) is 8.39. The molecule has 12 heavy (non-hydrogen) atoms. The molecular formula is C9H4BrNS. The normalized spacial score (nSPS) is 10.1. The van der Waals surface area contributed by atoms with Crippen molar-refractivity contribution >= 4 is 27.3 Å². The van der Waals surface area contributed by atoms with Gasteiger partial charge in [0.15, 0.2) is 0 Å². The van der Waals surface area contributed by atoms with E-state index in [-0.39, 0.29) is 0 Å². The third-order valence-electron chi connectivity index (χ3n) is 1.38. The third kappa shape index (κ3) is 1.57. The number of hydrogen-bond acceptors (Lipinski definition) is 2. The van der Waals surface area contributed by atoms with Crippen LogP contribution in [0.3, 0.4) is 0 Å². The van der Waals surface area contributed by atoms with Crippen molar-refractivity contribution in [3.05, 3.63) is 40.3 Å². The van der Waals surface area contributed by atoms with Gasteiger partial charge in [0.2, 0.25) is 0 Å². The average Bonchev–Trinajstić information content (AvgIpc) is 2.54. The summed E-state index contributed by atoms with van der Waals surface area (Å²) in [6, 6.07) is 11.4. The zero-order valence-corrected chi connectivity index (χ0v) is 8.45. The van der Waals surface area contributed by atoms with Gasteiger partial charge in [-0.3, -0.25) is 0 Å². The Morgan fingerprint density at radius 1 is 1.42 bits per heavy atom. The van der Waals surface area contributed by atoms with Crippen LogP contribution in [0, 0.1) is 12.1 Å². The smallest absolute Gasteiger partial charge is 0.124 e. The standard InChI is InChI=1S/C9H4BrNS/c10-8-6-11-9(12-8)7-4-2-1-3-5-7/h2,4-6H. The highest BCUT2D eigenvalue weighted by atomic mass is 79.9. The maximum absolute atomic E-state index is 4.22. The maximum Gasteiger partial charge on any atom is 0.124 e. The SMILES string of the molecule is Brc1cnc(-c2c[c][c]cc2)s1. The lowest BCUT2D eigenvalue weighted by atomic mass is 10.2. The van der Waals surface area contributed by atoms with Gasteiger partial charge in [0, 0.05) is 5.56 Å². The number of aromatic nitrogens is 1. The first-order valence-electron chi connectivity index (χ1n) is 3.36. The van der Waals surface area contributed by atoms with Crippen LogP contribution in [0.4, 0.5) is 0 Å². The van der Waals surface area contributed by atoms with Gasteiger partial charge in [-0.2, -0.15) is 0 Å². The fraction of sp³-hybridized carbons (Fsp3) is 0. The molecule has 1 aromatic heterocycles. The topological polar surface area (TPSA) is 12.9 Å². The number of benzene rings is 1. The predicted molar refractivity (Wildman–Crippen MR) is 52.9 cm³/mol. The van der Waals surface area contributed by atoms with E-state index in [1.807, 2.05) is 18.2 Å². The number of rotatable bonds is 1. The van der Waals surface area contributed by atoms with Crippen molar-refractivity contribution in [1.82, 2.24) is 4.98 Å². The van der Waals surface area contributed by atoms with Crippen molar-refractivity contribution in [2.24, 2.45) is 0 Å². The number of hydrogen-bond donors (Lipinski definition) is 0. The Balaban J connectivity index is 2.45. The summed E-state index contributed by atoms with van der Waals surface area (Å²) in [5.41, 5.74) is 1.09. The predicted octanol–water partition coefficient (Wildman–Crippen LogP) is 3.17. The van der Waals surface area contributed by atoms with Crippen molar-refractivity contribution in [2.45, 2.75) is 0 Å². The Morgan fingerprint density at radius 2 is 2.33 bits per heavy atom. The second-order valence-corrected chi connectivity index (χ2v) is 4.60. The molecule has 0 atom stereocenters. The molecule has 0 N–H and O–H groups in total. The van der Waals surface area contributed by atoms with E-state index in [4.69, 9.17) is 0 Å². The molecule has 0 bridgehead atoms. The Morgan fingerprint density at radius 3 is 2.92 bits per heavy atom. The summed E-state index contributed by atoms with van der Waals surface area (Å²) in [5.74, 6) is 0. The average molecular weight is 238 g/mol. The molecule has 0 aliphatic carbocycles. The van der Waals surface area contributed by atoms with E-state index in [0.29, 0.717) is 0 Å². The molecule has 1 nitrogen and oxygen atoms in total. The van der Waals surface area contributed by atoms with Crippen LogP contribution in [0.5, 0.6) is 0 Å². The van der Waals surface area contributed by atoms with Gasteiger partial charge >= 0.3 is 0 Å². The molecule has 0 fully saturated rings. The lowest BCUT2D eigenvalue weighted by molar-refractivity contribution is 1.40. The molecule has 1 heterocycles. The first-order valence-corrected chi connectivity index (χ1v) is 4.97. The first-order chi connectivity index (χ1) is 5.86. The second kappa shape index (κ2) is 3.37. The van der Waals surface area contributed by atoms with Crippen LogP contribution in [0.15, 0.2) is 28.2 Å².